The molecule has 0 bridgehead atoms. The standard InChI is InChI=1S/C15H22N2/c16-12-8-9-13(10-12)17-15-7-3-5-11-4-1-2-6-14(11)15/h1-2,4,6,12-13,15,17H,3,5,7-10,16H2. The van der Waals surface area contributed by atoms with Crippen molar-refractivity contribution in [2.45, 2.75) is 56.7 Å². The van der Waals surface area contributed by atoms with Gasteiger partial charge in [-0.1, -0.05) is 24.3 Å². The normalized spacial score (nSPS) is 32.4. The second-order valence-corrected chi connectivity index (χ2v) is 5.58. The molecular weight excluding hydrogens is 208 g/mol. The minimum atomic E-state index is 0.423. The van der Waals surface area contributed by atoms with Crippen molar-refractivity contribution in [3.05, 3.63) is 35.4 Å². The number of hydrogen-bond acceptors (Lipinski definition) is 2. The van der Waals surface area contributed by atoms with E-state index in [1.807, 2.05) is 0 Å². The SMILES string of the molecule is NC1CCC(NC2CCCc3ccccc32)C1. The molecule has 2 nitrogen and oxygen atoms in total. The van der Waals surface area contributed by atoms with Gasteiger partial charge in [-0.05, 0) is 49.7 Å². The molecule has 1 aromatic carbocycles. The van der Waals surface area contributed by atoms with Gasteiger partial charge < -0.3 is 11.1 Å². The summed E-state index contributed by atoms with van der Waals surface area (Å²) in [6.07, 6.45) is 7.43. The Morgan fingerprint density at radius 3 is 2.82 bits per heavy atom. The maximum absolute atomic E-state index is 5.98. The van der Waals surface area contributed by atoms with E-state index in [1.54, 1.807) is 5.56 Å². The van der Waals surface area contributed by atoms with Crippen LogP contribution < -0.4 is 11.1 Å². The van der Waals surface area contributed by atoms with Gasteiger partial charge in [0.15, 0.2) is 0 Å². The molecule has 3 unspecified atom stereocenters. The van der Waals surface area contributed by atoms with Crippen molar-refractivity contribution in [1.29, 1.82) is 0 Å². The van der Waals surface area contributed by atoms with E-state index in [1.165, 1.54) is 37.7 Å². The van der Waals surface area contributed by atoms with Crippen molar-refractivity contribution in [3.63, 3.8) is 0 Å². The van der Waals surface area contributed by atoms with Crippen LogP contribution in [0.4, 0.5) is 0 Å². The summed E-state index contributed by atoms with van der Waals surface area (Å²) in [5, 5.41) is 3.82. The molecule has 3 atom stereocenters. The van der Waals surface area contributed by atoms with Crippen LogP contribution in [-0.4, -0.2) is 12.1 Å². The Hall–Kier alpha value is -0.860. The average molecular weight is 230 g/mol. The predicted molar refractivity (Wildman–Crippen MR) is 70.9 cm³/mol. The molecule has 17 heavy (non-hydrogen) atoms. The molecular formula is C15H22N2. The van der Waals surface area contributed by atoms with Crippen molar-refractivity contribution in [3.8, 4) is 0 Å². The van der Waals surface area contributed by atoms with Crippen molar-refractivity contribution < 1.29 is 0 Å². The van der Waals surface area contributed by atoms with Crippen molar-refractivity contribution in [2.24, 2.45) is 5.73 Å². The molecule has 3 rings (SSSR count). The van der Waals surface area contributed by atoms with Crippen LogP contribution in [0.5, 0.6) is 0 Å². The van der Waals surface area contributed by atoms with E-state index in [2.05, 4.69) is 29.6 Å². The summed E-state index contributed by atoms with van der Waals surface area (Å²) < 4.78 is 0. The molecule has 0 radical (unpaired) electrons. The van der Waals surface area contributed by atoms with Crippen LogP contribution in [0.2, 0.25) is 0 Å². The Balaban J connectivity index is 1.72. The summed E-state index contributed by atoms with van der Waals surface area (Å²) >= 11 is 0. The molecule has 1 fully saturated rings. The van der Waals surface area contributed by atoms with Crippen LogP contribution in [0.1, 0.15) is 49.3 Å². The van der Waals surface area contributed by atoms with E-state index < -0.39 is 0 Å². The largest absolute Gasteiger partial charge is 0.328 e. The monoisotopic (exact) mass is 230 g/mol. The third-order valence-corrected chi connectivity index (χ3v) is 4.28. The molecule has 1 saturated carbocycles. The van der Waals surface area contributed by atoms with Gasteiger partial charge >= 0.3 is 0 Å². The molecule has 0 saturated heterocycles. The second-order valence-electron chi connectivity index (χ2n) is 5.58. The van der Waals surface area contributed by atoms with Gasteiger partial charge in [0.2, 0.25) is 0 Å². The fourth-order valence-corrected chi connectivity index (χ4v) is 3.38. The number of rotatable bonds is 2. The van der Waals surface area contributed by atoms with E-state index in [9.17, 15) is 0 Å². The zero-order valence-electron chi connectivity index (χ0n) is 10.4. The molecule has 0 spiro atoms. The molecule has 1 aromatic rings. The van der Waals surface area contributed by atoms with Gasteiger partial charge in [0.05, 0.1) is 0 Å². The van der Waals surface area contributed by atoms with Crippen LogP contribution in [0.25, 0.3) is 0 Å². The lowest BCUT2D eigenvalue weighted by atomic mass is 9.87. The number of aryl methyl sites for hydroxylation is 1. The molecule has 0 aliphatic heterocycles. The number of fused-ring (bicyclic) bond motifs is 1. The lowest BCUT2D eigenvalue weighted by Gasteiger charge is -2.29. The molecule has 2 aliphatic rings. The first kappa shape index (κ1) is 11.2. The molecule has 92 valence electrons. The fourth-order valence-electron chi connectivity index (χ4n) is 3.38. The number of nitrogens with one attached hydrogen (secondary N) is 1. The van der Waals surface area contributed by atoms with Gasteiger partial charge in [0, 0.05) is 18.1 Å². The maximum Gasteiger partial charge on any atom is 0.0325 e. The van der Waals surface area contributed by atoms with E-state index >= 15 is 0 Å². The maximum atomic E-state index is 5.98. The summed E-state index contributed by atoms with van der Waals surface area (Å²) in [5.74, 6) is 0. The Kier molecular flexibility index (Phi) is 3.17. The Labute approximate surface area is 104 Å². The summed E-state index contributed by atoms with van der Waals surface area (Å²) in [6, 6.07) is 10.5. The van der Waals surface area contributed by atoms with E-state index in [-0.39, 0.29) is 0 Å². The third kappa shape index (κ3) is 2.38. The summed E-state index contributed by atoms with van der Waals surface area (Å²) in [6.45, 7) is 0. The quantitative estimate of drug-likeness (QED) is 0.819. The average Bonchev–Trinajstić information content (AvgIpc) is 2.75. The Bertz CT molecular complexity index is 388. The lowest BCUT2D eigenvalue weighted by molar-refractivity contribution is 0.395. The van der Waals surface area contributed by atoms with Crippen LogP contribution in [0.3, 0.4) is 0 Å². The van der Waals surface area contributed by atoms with E-state index in [4.69, 9.17) is 5.73 Å². The van der Waals surface area contributed by atoms with Crippen molar-refractivity contribution in [2.75, 3.05) is 0 Å². The van der Waals surface area contributed by atoms with Crippen LogP contribution in [0, 0.1) is 0 Å². The van der Waals surface area contributed by atoms with Gasteiger partial charge in [-0.2, -0.15) is 0 Å². The van der Waals surface area contributed by atoms with Crippen LogP contribution in [0.15, 0.2) is 24.3 Å². The minimum Gasteiger partial charge on any atom is -0.328 e. The van der Waals surface area contributed by atoms with E-state index in [0.717, 1.165) is 6.42 Å². The zero-order chi connectivity index (χ0) is 11.7. The number of hydrogen-bond donors (Lipinski definition) is 2. The predicted octanol–water partition coefficient (Wildman–Crippen LogP) is 2.53. The Morgan fingerprint density at radius 1 is 1.12 bits per heavy atom. The molecule has 2 aliphatic carbocycles. The summed E-state index contributed by atoms with van der Waals surface area (Å²) in [4.78, 5) is 0. The Morgan fingerprint density at radius 2 is 2.00 bits per heavy atom. The van der Waals surface area contributed by atoms with Crippen molar-refractivity contribution in [1.82, 2.24) is 5.32 Å². The van der Waals surface area contributed by atoms with Gasteiger partial charge in [0.25, 0.3) is 0 Å². The first-order valence-electron chi connectivity index (χ1n) is 6.92. The topological polar surface area (TPSA) is 38.0 Å². The lowest BCUT2D eigenvalue weighted by Crippen LogP contribution is -2.34. The second kappa shape index (κ2) is 4.79. The van der Waals surface area contributed by atoms with Crippen LogP contribution >= 0.6 is 0 Å². The van der Waals surface area contributed by atoms with E-state index in [0.29, 0.717) is 18.1 Å². The molecule has 0 amide bonds. The zero-order valence-corrected chi connectivity index (χ0v) is 10.4. The highest BCUT2D eigenvalue weighted by Gasteiger charge is 2.26. The molecule has 0 heterocycles. The van der Waals surface area contributed by atoms with Gasteiger partial charge in [-0.3, -0.25) is 0 Å². The highest BCUT2D eigenvalue weighted by Crippen LogP contribution is 2.31. The van der Waals surface area contributed by atoms with Crippen molar-refractivity contribution >= 4 is 0 Å². The van der Waals surface area contributed by atoms with Gasteiger partial charge in [-0.25, -0.2) is 0 Å². The highest BCUT2D eigenvalue weighted by molar-refractivity contribution is 5.32. The highest BCUT2D eigenvalue weighted by atomic mass is 15.0. The third-order valence-electron chi connectivity index (χ3n) is 4.28. The first-order valence-corrected chi connectivity index (χ1v) is 6.92. The minimum absolute atomic E-state index is 0.423. The molecule has 2 heteroatoms. The smallest absolute Gasteiger partial charge is 0.0325 e. The summed E-state index contributed by atoms with van der Waals surface area (Å²) in [7, 11) is 0. The number of benzene rings is 1. The molecule has 0 aromatic heterocycles. The first-order chi connectivity index (χ1) is 8.33. The van der Waals surface area contributed by atoms with Crippen LogP contribution in [-0.2, 0) is 6.42 Å². The van der Waals surface area contributed by atoms with Gasteiger partial charge in [0.1, 0.15) is 0 Å². The summed E-state index contributed by atoms with van der Waals surface area (Å²) in [5.41, 5.74) is 9.05. The fraction of sp³-hybridized carbons (Fsp3) is 0.600. The molecule has 3 N–H and O–H groups in total. The number of nitrogens with two attached hydrogens (primary N) is 1. The van der Waals surface area contributed by atoms with Gasteiger partial charge in [-0.15, -0.1) is 0 Å².